The lowest BCUT2D eigenvalue weighted by Gasteiger charge is -2.34. The van der Waals surface area contributed by atoms with Crippen LogP contribution >= 0.6 is 0 Å². The summed E-state index contributed by atoms with van der Waals surface area (Å²) in [6.45, 7) is 6.06. The van der Waals surface area contributed by atoms with Crippen molar-refractivity contribution in [2.75, 3.05) is 19.3 Å². The monoisotopic (exact) mass is 313 g/mol. The van der Waals surface area contributed by atoms with Crippen molar-refractivity contribution in [3.8, 4) is 0 Å². The standard InChI is InChI=1S/C16H24FNO2S/c1-11(2)15(12-7-9-18-10-8-12)13-5-4-6-14(16(13)17)21(3,19)20/h4-6,11-12,15,18H,7-10H2,1-3H3. The topological polar surface area (TPSA) is 46.2 Å². The van der Waals surface area contributed by atoms with E-state index in [-0.39, 0.29) is 16.7 Å². The molecule has 1 saturated heterocycles. The molecule has 0 amide bonds. The Labute approximate surface area is 126 Å². The van der Waals surface area contributed by atoms with Crippen LogP contribution in [0.15, 0.2) is 23.1 Å². The van der Waals surface area contributed by atoms with E-state index in [9.17, 15) is 12.8 Å². The largest absolute Gasteiger partial charge is 0.317 e. The van der Waals surface area contributed by atoms with Gasteiger partial charge in [-0.25, -0.2) is 12.8 Å². The Balaban J connectivity index is 2.46. The van der Waals surface area contributed by atoms with E-state index in [1.807, 2.05) is 0 Å². The molecule has 1 fully saturated rings. The molecule has 1 N–H and O–H groups in total. The van der Waals surface area contributed by atoms with Crippen molar-refractivity contribution in [2.45, 2.75) is 37.5 Å². The number of benzene rings is 1. The van der Waals surface area contributed by atoms with Gasteiger partial charge in [-0.05, 0) is 55.3 Å². The van der Waals surface area contributed by atoms with Crippen LogP contribution in [0, 0.1) is 17.7 Å². The number of halogens is 1. The summed E-state index contributed by atoms with van der Waals surface area (Å²) in [5.41, 5.74) is 0.555. The first-order chi connectivity index (χ1) is 9.82. The van der Waals surface area contributed by atoms with Gasteiger partial charge < -0.3 is 5.32 Å². The minimum Gasteiger partial charge on any atom is -0.317 e. The van der Waals surface area contributed by atoms with E-state index >= 15 is 0 Å². The van der Waals surface area contributed by atoms with Gasteiger partial charge in [0.15, 0.2) is 9.84 Å². The maximum Gasteiger partial charge on any atom is 0.178 e. The Hall–Kier alpha value is -0.940. The quantitative estimate of drug-likeness (QED) is 0.929. The average molecular weight is 313 g/mol. The first-order valence-electron chi connectivity index (χ1n) is 7.51. The van der Waals surface area contributed by atoms with Crippen LogP contribution in [0.1, 0.15) is 38.2 Å². The third kappa shape index (κ3) is 3.64. The third-order valence-electron chi connectivity index (χ3n) is 4.36. The van der Waals surface area contributed by atoms with Crippen molar-refractivity contribution in [2.24, 2.45) is 11.8 Å². The lowest BCUT2D eigenvalue weighted by atomic mass is 9.74. The predicted molar refractivity (Wildman–Crippen MR) is 82.7 cm³/mol. The highest BCUT2D eigenvalue weighted by Crippen LogP contribution is 2.39. The lowest BCUT2D eigenvalue weighted by Crippen LogP contribution is -2.33. The molecule has 1 unspecified atom stereocenters. The van der Waals surface area contributed by atoms with Crippen molar-refractivity contribution < 1.29 is 12.8 Å². The van der Waals surface area contributed by atoms with Crippen LogP contribution in [0.3, 0.4) is 0 Å². The Morgan fingerprint density at radius 3 is 2.38 bits per heavy atom. The SMILES string of the molecule is CC(C)C(c1cccc(S(C)(=O)=O)c1F)C1CCNCC1. The van der Waals surface area contributed by atoms with Gasteiger partial charge in [-0.2, -0.15) is 0 Å². The van der Waals surface area contributed by atoms with Crippen LogP contribution in [0.5, 0.6) is 0 Å². The zero-order chi connectivity index (χ0) is 15.6. The molecule has 2 rings (SSSR count). The van der Waals surface area contributed by atoms with Crippen LogP contribution in [0.4, 0.5) is 4.39 Å². The van der Waals surface area contributed by atoms with Gasteiger partial charge in [0.2, 0.25) is 0 Å². The smallest absolute Gasteiger partial charge is 0.178 e. The van der Waals surface area contributed by atoms with Gasteiger partial charge in [-0.3, -0.25) is 0 Å². The molecule has 1 heterocycles. The van der Waals surface area contributed by atoms with Gasteiger partial charge >= 0.3 is 0 Å². The molecule has 1 aromatic carbocycles. The molecule has 0 bridgehead atoms. The molecule has 118 valence electrons. The normalized spacial score (nSPS) is 18.9. The van der Waals surface area contributed by atoms with E-state index in [0.29, 0.717) is 11.5 Å². The summed E-state index contributed by atoms with van der Waals surface area (Å²) in [7, 11) is -3.53. The number of hydrogen-bond donors (Lipinski definition) is 1. The molecule has 0 aliphatic carbocycles. The molecule has 3 nitrogen and oxygen atoms in total. The van der Waals surface area contributed by atoms with Crippen LogP contribution in [0.2, 0.25) is 0 Å². The fourth-order valence-corrected chi connectivity index (χ4v) is 4.20. The van der Waals surface area contributed by atoms with Gasteiger partial charge in [0.05, 0.1) is 0 Å². The molecule has 5 heteroatoms. The van der Waals surface area contributed by atoms with E-state index in [2.05, 4.69) is 19.2 Å². The Morgan fingerprint density at radius 2 is 1.86 bits per heavy atom. The van der Waals surface area contributed by atoms with Crippen molar-refractivity contribution in [1.29, 1.82) is 0 Å². The highest BCUT2D eigenvalue weighted by Gasteiger charge is 2.31. The summed E-state index contributed by atoms with van der Waals surface area (Å²) in [5, 5.41) is 3.32. The van der Waals surface area contributed by atoms with E-state index in [4.69, 9.17) is 0 Å². The van der Waals surface area contributed by atoms with E-state index < -0.39 is 15.7 Å². The molecular weight excluding hydrogens is 289 g/mol. The third-order valence-corrected chi connectivity index (χ3v) is 5.48. The minimum atomic E-state index is -3.53. The molecule has 1 aliphatic heterocycles. The van der Waals surface area contributed by atoms with Crippen molar-refractivity contribution in [1.82, 2.24) is 5.32 Å². The number of hydrogen-bond acceptors (Lipinski definition) is 3. The first-order valence-corrected chi connectivity index (χ1v) is 9.40. The molecule has 1 atom stereocenters. The van der Waals surface area contributed by atoms with Gasteiger partial charge in [-0.15, -0.1) is 0 Å². The predicted octanol–water partition coefficient (Wildman–Crippen LogP) is 2.97. The molecule has 0 aromatic heterocycles. The summed E-state index contributed by atoms with van der Waals surface area (Å²) in [6.07, 6.45) is 3.07. The molecule has 1 aromatic rings. The number of rotatable bonds is 4. The Morgan fingerprint density at radius 1 is 1.24 bits per heavy atom. The zero-order valence-corrected chi connectivity index (χ0v) is 13.7. The van der Waals surface area contributed by atoms with Crippen LogP contribution in [-0.4, -0.2) is 27.8 Å². The first kappa shape index (κ1) is 16.4. The maximum atomic E-state index is 14.7. The Bertz CT molecular complexity index is 592. The van der Waals surface area contributed by atoms with Crippen molar-refractivity contribution >= 4 is 9.84 Å². The second-order valence-corrected chi connectivity index (χ2v) is 8.27. The molecule has 1 aliphatic rings. The molecule has 0 saturated carbocycles. The Kier molecular flexibility index (Phi) is 5.04. The zero-order valence-electron chi connectivity index (χ0n) is 12.9. The second kappa shape index (κ2) is 6.44. The van der Waals surface area contributed by atoms with Crippen LogP contribution in [0.25, 0.3) is 0 Å². The second-order valence-electron chi connectivity index (χ2n) is 6.29. The summed E-state index contributed by atoms with van der Waals surface area (Å²) in [6, 6.07) is 4.76. The fourth-order valence-electron chi connectivity index (χ4n) is 3.43. The average Bonchev–Trinajstić information content (AvgIpc) is 2.40. The van der Waals surface area contributed by atoms with Crippen molar-refractivity contribution in [3.05, 3.63) is 29.6 Å². The number of sulfone groups is 1. The van der Waals surface area contributed by atoms with Gasteiger partial charge in [0, 0.05) is 6.26 Å². The van der Waals surface area contributed by atoms with E-state index in [1.54, 1.807) is 12.1 Å². The molecule has 0 spiro atoms. The number of piperidine rings is 1. The molecule has 21 heavy (non-hydrogen) atoms. The summed E-state index contributed by atoms with van der Waals surface area (Å²) in [4.78, 5) is -0.181. The van der Waals surface area contributed by atoms with Gasteiger partial charge in [-0.1, -0.05) is 26.0 Å². The van der Waals surface area contributed by atoms with Crippen molar-refractivity contribution in [3.63, 3.8) is 0 Å². The fraction of sp³-hybridized carbons (Fsp3) is 0.625. The van der Waals surface area contributed by atoms with E-state index in [0.717, 1.165) is 32.2 Å². The van der Waals surface area contributed by atoms with Crippen LogP contribution < -0.4 is 5.32 Å². The summed E-state index contributed by atoms with van der Waals surface area (Å²) in [5.74, 6) is 0.180. The highest BCUT2D eigenvalue weighted by atomic mass is 32.2. The summed E-state index contributed by atoms with van der Waals surface area (Å²) < 4.78 is 38.2. The summed E-state index contributed by atoms with van der Waals surface area (Å²) >= 11 is 0. The maximum absolute atomic E-state index is 14.7. The highest BCUT2D eigenvalue weighted by molar-refractivity contribution is 7.90. The van der Waals surface area contributed by atoms with Gasteiger partial charge in [0.25, 0.3) is 0 Å². The molecular formula is C16H24FNO2S. The molecule has 0 radical (unpaired) electrons. The van der Waals surface area contributed by atoms with Gasteiger partial charge in [0.1, 0.15) is 10.7 Å². The minimum absolute atomic E-state index is 0.0637. The van der Waals surface area contributed by atoms with Crippen LogP contribution in [-0.2, 0) is 9.84 Å². The number of nitrogens with one attached hydrogen (secondary N) is 1. The van der Waals surface area contributed by atoms with E-state index in [1.165, 1.54) is 6.07 Å². The lowest BCUT2D eigenvalue weighted by molar-refractivity contribution is 0.265.